The lowest BCUT2D eigenvalue weighted by molar-refractivity contribution is 0.184. The molecule has 4 heteroatoms. The van der Waals surface area contributed by atoms with E-state index < -0.39 is 0 Å². The van der Waals surface area contributed by atoms with E-state index in [4.69, 9.17) is 14.7 Å². The number of unbranched alkanes of at least 4 members (excludes halogenated alkanes) is 1. The molecule has 0 aromatic heterocycles. The van der Waals surface area contributed by atoms with Crippen LogP contribution in [0.5, 0.6) is 5.75 Å². The predicted octanol–water partition coefficient (Wildman–Crippen LogP) is 3.01. The van der Waals surface area contributed by atoms with Gasteiger partial charge in [0.2, 0.25) is 0 Å². The van der Waals surface area contributed by atoms with Gasteiger partial charge in [-0.2, -0.15) is 0 Å². The van der Waals surface area contributed by atoms with Crippen LogP contribution in [0.3, 0.4) is 0 Å². The highest BCUT2D eigenvalue weighted by atomic mass is 16.5. The summed E-state index contributed by atoms with van der Waals surface area (Å²) in [5, 5.41) is 12.4. The maximum absolute atomic E-state index is 9.04. The molecule has 0 saturated carbocycles. The summed E-state index contributed by atoms with van der Waals surface area (Å²) in [6.07, 6.45) is 4.83. The molecular weight excluding hydrogens is 242 g/mol. The van der Waals surface area contributed by atoms with Crippen LogP contribution < -0.4 is 4.74 Å². The van der Waals surface area contributed by atoms with Crippen LogP contribution in [-0.2, 0) is 11.2 Å². The predicted molar refractivity (Wildman–Crippen MR) is 74.3 cm³/mol. The third-order valence-corrected chi connectivity index (χ3v) is 3.41. The number of rotatable bonds is 6. The van der Waals surface area contributed by atoms with E-state index in [2.05, 4.69) is 5.16 Å². The first kappa shape index (κ1) is 13.9. The monoisotopic (exact) mass is 263 g/mol. The molecule has 104 valence electrons. The van der Waals surface area contributed by atoms with E-state index in [1.807, 2.05) is 18.2 Å². The molecule has 0 amide bonds. The molecule has 19 heavy (non-hydrogen) atoms. The summed E-state index contributed by atoms with van der Waals surface area (Å²) in [7, 11) is 1.71. The van der Waals surface area contributed by atoms with E-state index in [-0.39, 0.29) is 0 Å². The number of ether oxygens (including phenoxy) is 2. The summed E-state index contributed by atoms with van der Waals surface area (Å²) in [6, 6.07) is 5.95. The zero-order valence-electron chi connectivity index (χ0n) is 11.4. The largest absolute Gasteiger partial charge is 0.493 e. The maximum Gasteiger partial charge on any atom is 0.123 e. The zero-order chi connectivity index (χ0) is 13.5. The molecular formula is C15H21NO3. The smallest absolute Gasteiger partial charge is 0.123 e. The van der Waals surface area contributed by atoms with Gasteiger partial charge in [0.05, 0.1) is 12.3 Å². The molecule has 0 heterocycles. The van der Waals surface area contributed by atoms with Crippen LogP contribution in [-0.4, -0.2) is 31.2 Å². The molecule has 0 spiro atoms. The minimum absolute atomic E-state index is 0.700. The fourth-order valence-corrected chi connectivity index (χ4v) is 2.43. The van der Waals surface area contributed by atoms with Gasteiger partial charge in [0.15, 0.2) is 0 Å². The quantitative estimate of drug-likeness (QED) is 0.487. The fourth-order valence-electron chi connectivity index (χ4n) is 2.43. The molecule has 1 aliphatic rings. The highest BCUT2D eigenvalue weighted by molar-refractivity contribution is 6.02. The SMILES string of the molecule is COCCCCOc1cccc2c1CCC/C2=N\O. The van der Waals surface area contributed by atoms with Gasteiger partial charge in [0, 0.05) is 24.8 Å². The number of hydrogen-bond acceptors (Lipinski definition) is 4. The first-order valence-electron chi connectivity index (χ1n) is 6.81. The van der Waals surface area contributed by atoms with Crippen molar-refractivity contribution in [2.24, 2.45) is 5.16 Å². The third-order valence-electron chi connectivity index (χ3n) is 3.41. The Morgan fingerprint density at radius 1 is 1.21 bits per heavy atom. The topological polar surface area (TPSA) is 51.0 Å². The molecule has 2 rings (SSSR count). The average molecular weight is 263 g/mol. The first-order valence-corrected chi connectivity index (χ1v) is 6.81. The van der Waals surface area contributed by atoms with Gasteiger partial charge < -0.3 is 14.7 Å². The van der Waals surface area contributed by atoms with Gasteiger partial charge in [-0.05, 0) is 38.2 Å². The van der Waals surface area contributed by atoms with Gasteiger partial charge in [-0.15, -0.1) is 0 Å². The summed E-state index contributed by atoms with van der Waals surface area (Å²) in [6.45, 7) is 1.48. The van der Waals surface area contributed by atoms with Crippen LogP contribution in [0.2, 0.25) is 0 Å². The number of oxime groups is 1. The molecule has 4 nitrogen and oxygen atoms in total. The Bertz CT molecular complexity index is 443. The maximum atomic E-state index is 9.04. The standard InChI is InChI=1S/C15H21NO3/c1-18-10-2-3-11-19-15-9-5-6-12-13(15)7-4-8-14(12)16-17/h5-6,9,17H,2-4,7-8,10-11H2,1H3/b16-14+. The van der Waals surface area contributed by atoms with Gasteiger partial charge >= 0.3 is 0 Å². The van der Waals surface area contributed by atoms with E-state index in [9.17, 15) is 0 Å². The molecule has 1 aliphatic carbocycles. The van der Waals surface area contributed by atoms with E-state index in [0.29, 0.717) is 6.61 Å². The van der Waals surface area contributed by atoms with E-state index in [1.165, 1.54) is 5.56 Å². The number of methoxy groups -OCH3 is 1. The van der Waals surface area contributed by atoms with Gasteiger partial charge in [0.1, 0.15) is 5.75 Å². The molecule has 1 aromatic rings. The molecule has 1 N–H and O–H groups in total. The van der Waals surface area contributed by atoms with Crippen molar-refractivity contribution < 1.29 is 14.7 Å². The first-order chi connectivity index (χ1) is 9.36. The van der Waals surface area contributed by atoms with Crippen LogP contribution >= 0.6 is 0 Å². The van der Waals surface area contributed by atoms with Crippen molar-refractivity contribution >= 4 is 5.71 Å². The molecule has 0 saturated heterocycles. The summed E-state index contributed by atoms with van der Waals surface area (Å²) in [5.74, 6) is 0.927. The Morgan fingerprint density at radius 2 is 2.05 bits per heavy atom. The van der Waals surface area contributed by atoms with Gasteiger partial charge in [0.25, 0.3) is 0 Å². The highest BCUT2D eigenvalue weighted by Gasteiger charge is 2.19. The molecule has 1 aromatic carbocycles. The van der Waals surface area contributed by atoms with Crippen LogP contribution in [0.4, 0.5) is 0 Å². The Hall–Kier alpha value is -1.55. The Balaban J connectivity index is 2.02. The molecule has 0 bridgehead atoms. The van der Waals surface area contributed by atoms with Crippen LogP contribution in [0, 0.1) is 0 Å². The molecule has 0 unspecified atom stereocenters. The second-order valence-electron chi connectivity index (χ2n) is 4.73. The van der Waals surface area contributed by atoms with Crippen LogP contribution in [0.15, 0.2) is 23.4 Å². The lowest BCUT2D eigenvalue weighted by atomic mass is 9.89. The number of hydrogen-bond donors (Lipinski definition) is 1. The second-order valence-corrected chi connectivity index (χ2v) is 4.73. The number of nitrogens with zero attached hydrogens (tertiary/aromatic N) is 1. The summed E-state index contributed by atoms with van der Waals surface area (Å²) >= 11 is 0. The van der Waals surface area contributed by atoms with Gasteiger partial charge in [-0.1, -0.05) is 17.3 Å². The van der Waals surface area contributed by atoms with Crippen molar-refractivity contribution in [1.29, 1.82) is 0 Å². The van der Waals surface area contributed by atoms with Crippen molar-refractivity contribution in [3.63, 3.8) is 0 Å². The average Bonchev–Trinajstić information content (AvgIpc) is 2.46. The Kier molecular flexibility index (Phi) is 5.21. The summed E-state index contributed by atoms with van der Waals surface area (Å²) in [5.41, 5.74) is 2.97. The molecule has 0 fully saturated rings. The van der Waals surface area contributed by atoms with Crippen molar-refractivity contribution in [2.75, 3.05) is 20.3 Å². The van der Waals surface area contributed by atoms with Crippen molar-refractivity contribution in [1.82, 2.24) is 0 Å². The highest BCUT2D eigenvalue weighted by Crippen LogP contribution is 2.30. The minimum atomic E-state index is 0.700. The lowest BCUT2D eigenvalue weighted by Crippen LogP contribution is -2.13. The fraction of sp³-hybridized carbons (Fsp3) is 0.533. The minimum Gasteiger partial charge on any atom is -0.493 e. The van der Waals surface area contributed by atoms with Gasteiger partial charge in [-0.3, -0.25) is 0 Å². The van der Waals surface area contributed by atoms with E-state index >= 15 is 0 Å². The molecule has 0 aliphatic heterocycles. The molecule has 0 atom stereocenters. The molecule has 0 radical (unpaired) electrons. The van der Waals surface area contributed by atoms with E-state index in [1.54, 1.807) is 7.11 Å². The van der Waals surface area contributed by atoms with E-state index in [0.717, 1.165) is 55.7 Å². The summed E-state index contributed by atoms with van der Waals surface area (Å²) in [4.78, 5) is 0. The summed E-state index contributed by atoms with van der Waals surface area (Å²) < 4.78 is 10.9. The van der Waals surface area contributed by atoms with Crippen LogP contribution in [0.1, 0.15) is 36.8 Å². The second kappa shape index (κ2) is 7.14. The van der Waals surface area contributed by atoms with Crippen LogP contribution in [0.25, 0.3) is 0 Å². The normalized spacial score (nSPS) is 16.4. The van der Waals surface area contributed by atoms with Crippen molar-refractivity contribution in [2.45, 2.75) is 32.1 Å². The van der Waals surface area contributed by atoms with Gasteiger partial charge in [-0.25, -0.2) is 0 Å². The van der Waals surface area contributed by atoms with Crippen molar-refractivity contribution in [3.05, 3.63) is 29.3 Å². The third kappa shape index (κ3) is 3.47. The Morgan fingerprint density at radius 3 is 2.84 bits per heavy atom. The van der Waals surface area contributed by atoms with Crippen molar-refractivity contribution in [3.8, 4) is 5.75 Å². The zero-order valence-corrected chi connectivity index (χ0v) is 11.4. The lowest BCUT2D eigenvalue weighted by Gasteiger charge is -2.20. The Labute approximate surface area is 114 Å². The number of fused-ring (bicyclic) bond motifs is 1. The number of benzene rings is 1.